The predicted molar refractivity (Wildman–Crippen MR) is 83.0 cm³/mol. The fourth-order valence-corrected chi connectivity index (χ4v) is 2.97. The Kier molecular flexibility index (Phi) is 4.20. The first-order valence-electron chi connectivity index (χ1n) is 7.73. The SMILES string of the molecule is O=C1CCC(=O)N(c2ccc(C(=O)N3CCC[C@H]3C(=O)O)cc2)N1. The van der Waals surface area contributed by atoms with E-state index < -0.39 is 12.0 Å². The highest BCUT2D eigenvalue weighted by atomic mass is 16.4. The number of carboxylic acids is 1. The Balaban J connectivity index is 1.77. The molecule has 0 saturated carbocycles. The highest BCUT2D eigenvalue weighted by Gasteiger charge is 2.34. The molecule has 2 saturated heterocycles. The number of carbonyl (C=O) groups excluding carboxylic acids is 3. The number of likely N-dealkylation sites (tertiary alicyclic amines) is 1. The number of hydrogen-bond acceptors (Lipinski definition) is 4. The molecule has 0 aromatic heterocycles. The Hall–Kier alpha value is -2.90. The summed E-state index contributed by atoms with van der Waals surface area (Å²) in [5.41, 5.74) is 3.29. The molecule has 2 N–H and O–H groups in total. The first-order chi connectivity index (χ1) is 11.5. The van der Waals surface area contributed by atoms with Crippen LogP contribution in [0.4, 0.5) is 5.69 Å². The standard InChI is InChI=1S/C16H17N3O5/c20-13-7-8-14(21)19(17-13)11-5-3-10(4-6-11)15(22)18-9-1-2-12(18)16(23)24/h3-6,12H,1-2,7-9H2,(H,17,20)(H,23,24)/t12-/m0/s1. The van der Waals surface area contributed by atoms with E-state index in [9.17, 15) is 19.2 Å². The number of nitrogens with zero attached hydrogens (tertiary/aromatic N) is 2. The van der Waals surface area contributed by atoms with E-state index in [0.29, 0.717) is 30.6 Å². The van der Waals surface area contributed by atoms with Crippen molar-refractivity contribution in [2.75, 3.05) is 11.6 Å². The van der Waals surface area contributed by atoms with Gasteiger partial charge < -0.3 is 10.0 Å². The summed E-state index contributed by atoms with van der Waals surface area (Å²) >= 11 is 0. The maximum Gasteiger partial charge on any atom is 0.326 e. The van der Waals surface area contributed by atoms with Gasteiger partial charge in [0.25, 0.3) is 5.91 Å². The van der Waals surface area contributed by atoms with E-state index in [1.807, 2.05) is 0 Å². The zero-order valence-corrected chi connectivity index (χ0v) is 12.9. The third-order valence-electron chi connectivity index (χ3n) is 4.22. The van der Waals surface area contributed by atoms with Crippen LogP contribution in [-0.2, 0) is 14.4 Å². The first kappa shape index (κ1) is 16.0. The number of amides is 3. The summed E-state index contributed by atoms with van der Waals surface area (Å²) < 4.78 is 0. The van der Waals surface area contributed by atoms with Crippen LogP contribution in [0.5, 0.6) is 0 Å². The number of carboxylic acid groups (broad SMARTS) is 1. The minimum atomic E-state index is -1.00. The Morgan fingerprint density at radius 3 is 2.50 bits per heavy atom. The van der Waals surface area contributed by atoms with Gasteiger partial charge in [0.2, 0.25) is 11.8 Å². The van der Waals surface area contributed by atoms with E-state index in [4.69, 9.17) is 5.11 Å². The first-order valence-corrected chi connectivity index (χ1v) is 7.73. The monoisotopic (exact) mass is 331 g/mol. The fourth-order valence-electron chi connectivity index (χ4n) is 2.97. The van der Waals surface area contributed by atoms with Crippen LogP contribution in [0.3, 0.4) is 0 Å². The van der Waals surface area contributed by atoms with Crippen molar-refractivity contribution in [2.24, 2.45) is 0 Å². The number of rotatable bonds is 3. The molecule has 1 aromatic rings. The number of hydrazine groups is 1. The molecule has 0 radical (unpaired) electrons. The van der Waals surface area contributed by atoms with Gasteiger partial charge in [0.05, 0.1) is 5.69 Å². The Labute approximate surface area is 138 Å². The Morgan fingerprint density at radius 2 is 1.83 bits per heavy atom. The van der Waals surface area contributed by atoms with Crippen molar-refractivity contribution in [1.29, 1.82) is 0 Å². The van der Waals surface area contributed by atoms with Crippen molar-refractivity contribution in [3.05, 3.63) is 29.8 Å². The van der Waals surface area contributed by atoms with Gasteiger partial charge >= 0.3 is 5.97 Å². The molecule has 8 heteroatoms. The van der Waals surface area contributed by atoms with Crippen LogP contribution >= 0.6 is 0 Å². The average Bonchev–Trinajstić information content (AvgIpc) is 3.06. The maximum absolute atomic E-state index is 12.5. The van der Waals surface area contributed by atoms with Crippen molar-refractivity contribution in [2.45, 2.75) is 31.7 Å². The molecular weight excluding hydrogens is 314 g/mol. The maximum atomic E-state index is 12.5. The van der Waals surface area contributed by atoms with Crippen LogP contribution in [0.1, 0.15) is 36.0 Å². The topological polar surface area (TPSA) is 107 Å². The van der Waals surface area contributed by atoms with Crippen molar-refractivity contribution in [3.8, 4) is 0 Å². The molecule has 0 unspecified atom stereocenters. The molecule has 8 nitrogen and oxygen atoms in total. The minimum absolute atomic E-state index is 0.139. The average molecular weight is 331 g/mol. The lowest BCUT2D eigenvalue weighted by Crippen LogP contribution is -2.50. The molecule has 1 atom stereocenters. The molecule has 2 aliphatic heterocycles. The number of hydrogen-bond donors (Lipinski definition) is 2. The van der Waals surface area contributed by atoms with Gasteiger partial charge in [-0.3, -0.25) is 19.8 Å². The van der Waals surface area contributed by atoms with E-state index in [1.54, 1.807) is 12.1 Å². The molecule has 2 heterocycles. The Morgan fingerprint density at radius 1 is 1.12 bits per heavy atom. The molecule has 0 bridgehead atoms. The van der Waals surface area contributed by atoms with Gasteiger partial charge in [-0.1, -0.05) is 0 Å². The van der Waals surface area contributed by atoms with Crippen LogP contribution in [0, 0.1) is 0 Å². The van der Waals surface area contributed by atoms with Crippen LogP contribution in [0.25, 0.3) is 0 Å². The summed E-state index contributed by atoms with van der Waals surface area (Å²) in [6, 6.07) is 5.39. The number of anilines is 1. The predicted octanol–water partition coefficient (Wildman–Crippen LogP) is 0.534. The van der Waals surface area contributed by atoms with E-state index in [1.165, 1.54) is 17.0 Å². The smallest absolute Gasteiger partial charge is 0.326 e. The molecule has 0 aliphatic carbocycles. The zero-order valence-electron chi connectivity index (χ0n) is 12.9. The molecular formula is C16H17N3O5. The van der Waals surface area contributed by atoms with Crippen molar-refractivity contribution < 1.29 is 24.3 Å². The largest absolute Gasteiger partial charge is 0.480 e. The second-order valence-corrected chi connectivity index (χ2v) is 5.81. The fraction of sp³-hybridized carbons (Fsp3) is 0.375. The lowest BCUT2D eigenvalue weighted by molar-refractivity contribution is -0.141. The second kappa shape index (κ2) is 6.31. The van der Waals surface area contributed by atoms with E-state index in [-0.39, 0.29) is 30.6 Å². The third-order valence-corrected chi connectivity index (χ3v) is 4.22. The van der Waals surface area contributed by atoms with Gasteiger partial charge in [-0.2, -0.15) is 0 Å². The summed E-state index contributed by atoms with van der Waals surface area (Å²) in [6.45, 7) is 0.415. The Bertz CT molecular complexity index is 700. The molecule has 3 amide bonds. The van der Waals surface area contributed by atoms with Crippen molar-refractivity contribution in [3.63, 3.8) is 0 Å². The van der Waals surface area contributed by atoms with Gasteiger partial charge in [0, 0.05) is 24.9 Å². The third kappa shape index (κ3) is 2.94. The highest BCUT2D eigenvalue weighted by molar-refractivity contribution is 6.02. The molecule has 0 spiro atoms. The molecule has 126 valence electrons. The van der Waals surface area contributed by atoms with Crippen LogP contribution in [0.15, 0.2) is 24.3 Å². The molecule has 3 rings (SSSR count). The number of aliphatic carboxylic acids is 1. The van der Waals surface area contributed by atoms with E-state index in [2.05, 4.69) is 5.43 Å². The van der Waals surface area contributed by atoms with Gasteiger partial charge in [0.1, 0.15) is 6.04 Å². The summed E-state index contributed by atoms with van der Waals surface area (Å²) in [6.07, 6.45) is 1.42. The molecule has 1 aromatic carbocycles. The number of nitrogens with one attached hydrogen (secondary N) is 1. The summed E-state index contributed by atoms with van der Waals surface area (Å²) in [5.74, 6) is -1.81. The van der Waals surface area contributed by atoms with Gasteiger partial charge in [-0.15, -0.1) is 0 Å². The molecule has 2 aliphatic rings. The van der Waals surface area contributed by atoms with Crippen LogP contribution in [0.2, 0.25) is 0 Å². The van der Waals surface area contributed by atoms with Gasteiger partial charge in [-0.05, 0) is 37.1 Å². The lowest BCUT2D eigenvalue weighted by Gasteiger charge is -2.27. The number of benzene rings is 1. The number of carbonyl (C=O) groups is 4. The summed E-state index contributed by atoms with van der Waals surface area (Å²) in [7, 11) is 0. The minimum Gasteiger partial charge on any atom is -0.480 e. The van der Waals surface area contributed by atoms with Gasteiger partial charge in [-0.25, -0.2) is 9.80 Å². The lowest BCUT2D eigenvalue weighted by atomic mass is 10.1. The zero-order chi connectivity index (χ0) is 17.3. The van der Waals surface area contributed by atoms with Crippen molar-refractivity contribution in [1.82, 2.24) is 10.3 Å². The van der Waals surface area contributed by atoms with E-state index in [0.717, 1.165) is 5.01 Å². The van der Waals surface area contributed by atoms with E-state index >= 15 is 0 Å². The van der Waals surface area contributed by atoms with Crippen LogP contribution in [-0.4, -0.2) is 46.3 Å². The van der Waals surface area contributed by atoms with Crippen molar-refractivity contribution >= 4 is 29.4 Å². The molecule has 2 fully saturated rings. The van der Waals surface area contributed by atoms with Gasteiger partial charge in [0.15, 0.2) is 0 Å². The normalized spacial score (nSPS) is 20.9. The quantitative estimate of drug-likeness (QED) is 0.840. The molecule has 24 heavy (non-hydrogen) atoms. The summed E-state index contributed by atoms with van der Waals surface area (Å²) in [5, 5.41) is 10.3. The summed E-state index contributed by atoms with van der Waals surface area (Å²) in [4.78, 5) is 48.3. The highest BCUT2D eigenvalue weighted by Crippen LogP contribution is 2.22. The second-order valence-electron chi connectivity index (χ2n) is 5.81. The van der Waals surface area contributed by atoms with Crippen LogP contribution < -0.4 is 10.4 Å².